The van der Waals surface area contributed by atoms with Crippen molar-refractivity contribution in [3.63, 3.8) is 0 Å². The molecule has 1 atom stereocenters. The number of phenolic OH excluding ortho intramolecular Hbond substituents is 1. The summed E-state index contributed by atoms with van der Waals surface area (Å²) in [4.78, 5) is 0. The minimum Gasteiger partial charge on any atom is -0.506 e. The van der Waals surface area contributed by atoms with E-state index in [-0.39, 0.29) is 5.75 Å². The molecular weight excluding hydrogens is 416 g/mol. The molecule has 0 saturated carbocycles. The molecule has 0 aliphatic rings. The van der Waals surface area contributed by atoms with E-state index in [1.54, 1.807) is 6.07 Å². The van der Waals surface area contributed by atoms with Gasteiger partial charge >= 0.3 is 0 Å². The lowest BCUT2D eigenvalue weighted by molar-refractivity contribution is 0.128. The zero-order valence-corrected chi connectivity index (χ0v) is 12.6. The van der Waals surface area contributed by atoms with E-state index in [2.05, 4.69) is 47.8 Å². The normalized spacial score (nSPS) is 13.2. The third kappa shape index (κ3) is 3.15. The van der Waals surface area contributed by atoms with Gasteiger partial charge in [0.05, 0.1) is 8.95 Å². The van der Waals surface area contributed by atoms with Gasteiger partial charge in [0.25, 0.3) is 0 Å². The second kappa shape index (κ2) is 5.75. The van der Waals surface area contributed by atoms with Crippen molar-refractivity contribution in [1.82, 2.24) is 0 Å². The number of rotatable bonds is 3. The first kappa shape index (κ1) is 14.3. The summed E-state index contributed by atoms with van der Waals surface area (Å²) in [5, 5.41) is 9.64. The predicted molar refractivity (Wildman–Crippen MR) is 68.8 cm³/mol. The van der Waals surface area contributed by atoms with Crippen LogP contribution in [-0.2, 0) is 0 Å². The average molecular weight is 424 g/mol. The van der Waals surface area contributed by atoms with E-state index in [4.69, 9.17) is 5.73 Å². The van der Waals surface area contributed by atoms with Crippen LogP contribution in [-0.4, -0.2) is 11.5 Å². The Morgan fingerprint density at radius 3 is 2.31 bits per heavy atom. The van der Waals surface area contributed by atoms with E-state index in [0.717, 1.165) is 0 Å². The van der Waals surface area contributed by atoms with Crippen molar-refractivity contribution in [2.75, 3.05) is 0 Å². The standard InChI is InChI=1S/C9H8Br3F2NO/c10-3-1-4(11)9(16)8(12)7(3)5(15)2-6(13)14/h1,5-6,16H,2,15H2/t5-/m1/s1. The molecule has 0 amide bonds. The van der Waals surface area contributed by atoms with Crippen LogP contribution in [0.25, 0.3) is 0 Å². The Kier molecular flexibility index (Phi) is 5.15. The second-order valence-electron chi connectivity index (χ2n) is 3.15. The second-order valence-corrected chi connectivity index (χ2v) is 5.65. The summed E-state index contributed by atoms with van der Waals surface area (Å²) < 4.78 is 25.8. The monoisotopic (exact) mass is 421 g/mol. The molecule has 0 aromatic heterocycles. The van der Waals surface area contributed by atoms with Crippen LogP contribution in [0.5, 0.6) is 5.75 Å². The molecule has 0 aliphatic heterocycles. The van der Waals surface area contributed by atoms with Gasteiger partial charge in [-0.15, -0.1) is 0 Å². The van der Waals surface area contributed by atoms with Gasteiger partial charge in [0.2, 0.25) is 6.43 Å². The molecule has 1 aromatic carbocycles. The van der Waals surface area contributed by atoms with Crippen LogP contribution in [0.3, 0.4) is 0 Å². The molecule has 0 unspecified atom stereocenters. The van der Waals surface area contributed by atoms with Gasteiger partial charge in [-0.25, -0.2) is 8.78 Å². The number of halogens is 5. The zero-order chi connectivity index (χ0) is 12.5. The summed E-state index contributed by atoms with van der Waals surface area (Å²) in [5.41, 5.74) is 6.08. The van der Waals surface area contributed by atoms with Crippen molar-refractivity contribution >= 4 is 47.8 Å². The zero-order valence-electron chi connectivity index (χ0n) is 7.85. The molecule has 0 radical (unpaired) electrons. The fourth-order valence-corrected chi connectivity index (χ4v) is 3.95. The Labute approximate surface area is 117 Å². The summed E-state index contributed by atoms with van der Waals surface area (Å²) in [6, 6.07) is 0.726. The molecule has 3 N–H and O–H groups in total. The van der Waals surface area contributed by atoms with Crippen LogP contribution in [0, 0.1) is 0 Å². The van der Waals surface area contributed by atoms with Crippen LogP contribution in [0.4, 0.5) is 8.78 Å². The van der Waals surface area contributed by atoms with Gasteiger partial charge in [0, 0.05) is 22.5 Å². The molecule has 0 spiro atoms. The number of aromatic hydroxyl groups is 1. The van der Waals surface area contributed by atoms with Crippen LogP contribution in [0.1, 0.15) is 18.0 Å². The summed E-state index contributed by atoms with van der Waals surface area (Å²) >= 11 is 9.50. The third-order valence-electron chi connectivity index (χ3n) is 1.98. The van der Waals surface area contributed by atoms with Gasteiger partial charge in [-0.2, -0.15) is 0 Å². The van der Waals surface area contributed by atoms with Gasteiger partial charge in [-0.1, -0.05) is 15.9 Å². The van der Waals surface area contributed by atoms with Crippen molar-refractivity contribution < 1.29 is 13.9 Å². The maximum absolute atomic E-state index is 12.2. The highest BCUT2D eigenvalue weighted by Gasteiger charge is 2.21. The molecule has 0 heterocycles. The topological polar surface area (TPSA) is 46.2 Å². The lowest BCUT2D eigenvalue weighted by Crippen LogP contribution is -2.15. The number of phenols is 1. The van der Waals surface area contributed by atoms with E-state index in [0.29, 0.717) is 19.0 Å². The summed E-state index contributed by atoms with van der Waals surface area (Å²) in [6.45, 7) is 0. The summed E-state index contributed by atoms with van der Waals surface area (Å²) in [7, 11) is 0. The quantitative estimate of drug-likeness (QED) is 0.760. The summed E-state index contributed by atoms with van der Waals surface area (Å²) in [6.07, 6.45) is -2.95. The number of hydrogen-bond donors (Lipinski definition) is 2. The van der Waals surface area contributed by atoms with E-state index in [1.807, 2.05) is 0 Å². The van der Waals surface area contributed by atoms with E-state index >= 15 is 0 Å². The van der Waals surface area contributed by atoms with Crippen LogP contribution in [0.15, 0.2) is 19.5 Å². The molecule has 90 valence electrons. The average Bonchev–Trinajstić information content (AvgIpc) is 2.13. The molecule has 0 saturated heterocycles. The Morgan fingerprint density at radius 2 is 1.81 bits per heavy atom. The highest BCUT2D eigenvalue weighted by atomic mass is 79.9. The molecule has 2 nitrogen and oxygen atoms in total. The van der Waals surface area contributed by atoms with Crippen molar-refractivity contribution in [1.29, 1.82) is 0 Å². The Bertz CT molecular complexity index is 401. The molecule has 1 aromatic rings. The number of hydrogen-bond acceptors (Lipinski definition) is 2. The van der Waals surface area contributed by atoms with Crippen molar-refractivity contribution in [3.05, 3.63) is 25.0 Å². The largest absolute Gasteiger partial charge is 0.506 e. The van der Waals surface area contributed by atoms with Gasteiger partial charge in [0.1, 0.15) is 5.75 Å². The number of benzene rings is 1. The van der Waals surface area contributed by atoms with Crippen molar-refractivity contribution in [2.24, 2.45) is 5.73 Å². The lowest BCUT2D eigenvalue weighted by Gasteiger charge is -2.17. The Hall–Kier alpha value is 0.280. The molecule has 0 aliphatic carbocycles. The lowest BCUT2D eigenvalue weighted by atomic mass is 10.0. The fourth-order valence-electron chi connectivity index (χ4n) is 1.24. The highest BCUT2D eigenvalue weighted by molar-refractivity contribution is 9.11. The smallest absolute Gasteiger partial charge is 0.240 e. The third-order valence-corrected chi connectivity index (χ3v) is 4.05. The Morgan fingerprint density at radius 1 is 1.25 bits per heavy atom. The van der Waals surface area contributed by atoms with Crippen LogP contribution in [0.2, 0.25) is 0 Å². The number of nitrogens with two attached hydrogens (primary N) is 1. The van der Waals surface area contributed by atoms with E-state index < -0.39 is 18.9 Å². The van der Waals surface area contributed by atoms with Crippen LogP contribution < -0.4 is 5.73 Å². The Balaban J connectivity index is 3.18. The van der Waals surface area contributed by atoms with Crippen molar-refractivity contribution in [3.8, 4) is 5.75 Å². The van der Waals surface area contributed by atoms with Gasteiger partial charge in [-0.3, -0.25) is 0 Å². The summed E-state index contributed by atoms with van der Waals surface area (Å²) in [5.74, 6) is -0.0529. The molecule has 1 rings (SSSR count). The maximum Gasteiger partial charge on any atom is 0.240 e. The molecule has 0 fully saturated rings. The molecule has 16 heavy (non-hydrogen) atoms. The van der Waals surface area contributed by atoms with E-state index in [9.17, 15) is 13.9 Å². The first-order valence-electron chi connectivity index (χ1n) is 4.24. The van der Waals surface area contributed by atoms with E-state index in [1.165, 1.54) is 0 Å². The first-order valence-corrected chi connectivity index (χ1v) is 6.62. The molecule has 0 bridgehead atoms. The molecular formula is C9H8Br3F2NO. The molecule has 7 heteroatoms. The predicted octanol–water partition coefficient (Wildman–Crippen LogP) is 4.33. The highest BCUT2D eigenvalue weighted by Crippen LogP contribution is 2.42. The first-order chi connectivity index (χ1) is 7.34. The van der Waals surface area contributed by atoms with Gasteiger partial charge in [-0.05, 0) is 37.9 Å². The van der Waals surface area contributed by atoms with Crippen molar-refractivity contribution in [2.45, 2.75) is 18.9 Å². The van der Waals surface area contributed by atoms with Gasteiger partial charge < -0.3 is 10.8 Å². The minimum atomic E-state index is -2.49. The van der Waals surface area contributed by atoms with Gasteiger partial charge in [0.15, 0.2) is 0 Å². The minimum absolute atomic E-state index is 0.0529. The maximum atomic E-state index is 12.2. The fraction of sp³-hybridized carbons (Fsp3) is 0.333. The SMILES string of the molecule is N[C@H](CC(F)F)c1c(Br)cc(Br)c(O)c1Br. The number of alkyl halides is 2. The van der Waals surface area contributed by atoms with Crippen LogP contribution >= 0.6 is 47.8 Å².